The Morgan fingerprint density at radius 1 is 1.38 bits per heavy atom. The topological polar surface area (TPSA) is 50.4 Å². The van der Waals surface area contributed by atoms with Crippen LogP contribution in [0.4, 0.5) is 0 Å². The van der Waals surface area contributed by atoms with Crippen LogP contribution < -0.4 is 10.6 Å². The molecule has 0 spiro atoms. The van der Waals surface area contributed by atoms with Crippen LogP contribution in [0.15, 0.2) is 0 Å². The van der Waals surface area contributed by atoms with Crippen molar-refractivity contribution in [3.63, 3.8) is 0 Å². The van der Waals surface area contributed by atoms with Crippen molar-refractivity contribution in [1.29, 1.82) is 0 Å². The Balaban J connectivity index is 1.67. The number of hydrogen-bond donors (Lipinski definition) is 2. The zero-order valence-corrected chi connectivity index (χ0v) is 7.88. The Hall–Kier alpha value is -0.610. The highest BCUT2D eigenvalue weighted by atomic mass is 16.5. The van der Waals surface area contributed by atoms with Gasteiger partial charge in [0, 0.05) is 6.04 Å². The average Bonchev–Trinajstić information content (AvgIpc) is 2.79. The summed E-state index contributed by atoms with van der Waals surface area (Å²) in [6.07, 6.45) is 2.29. The van der Waals surface area contributed by atoms with E-state index in [1.54, 1.807) is 0 Å². The van der Waals surface area contributed by atoms with Gasteiger partial charge < -0.3 is 10.1 Å². The van der Waals surface area contributed by atoms with Crippen molar-refractivity contribution in [3.8, 4) is 0 Å². The maximum absolute atomic E-state index is 11.5. The van der Waals surface area contributed by atoms with Gasteiger partial charge in [0.2, 0.25) is 5.91 Å². The second-order valence-corrected chi connectivity index (χ2v) is 3.91. The van der Waals surface area contributed by atoms with Gasteiger partial charge in [-0.1, -0.05) is 0 Å². The molecule has 0 aromatic heterocycles. The molecule has 1 unspecified atom stereocenters. The third-order valence-electron chi connectivity index (χ3n) is 2.44. The van der Waals surface area contributed by atoms with Gasteiger partial charge in [0.25, 0.3) is 0 Å². The van der Waals surface area contributed by atoms with Crippen LogP contribution in [0.3, 0.4) is 0 Å². The highest BCUT2D eigenvalue weighted by molar-refractivity contribution is 5.81. The molecule has 0 bridgehead atoms. The smallest absolute Gasteiger partial charge is 0.237 e. The quantitative estimate of drug-likeness (QED) is 0.627. The van der Waals surface area contributed by atoms with Gasteiger partial charge in [-0.3, -0.25) is 10.1 Å². The first kappa shape index (κ1) is 8.97. The number of hydrogen-bond acceptors (Lipinski definition) is 3. The molecule has 4 heteroatoms. The molecule has 1 saturated heterocycles. The van der Waals surface area contributed by atoms with Gasteiger partial charge in [-0.25, -0.2) is 0 Å². The van der Waals surface area contributed by atoms with E-state index in [1.165, 1.54) is 0 Å². The zero-order valence-electron chi connectivity index (χ0n) is 7.88. The molecule has 2 N–H and O–H groups in total. The van der Waals surface area contributed by atoms with Gasteiger partial charge in [-0.05, 0) is 19.8 Å². The van der Waals surface area contributed by atoms with Crippen LogP contribution >= 0.6 is 0 Å². The third kappa shape index (κ3) is 2.42. The number of amides is 1. The van der Waals surface area contributed by atoms with Crippen LogP contribution in [-0.4, -0.2) is 37.2 Å². The van der Waals surface area contributed by atoms with Crippen LogP contribution in [0.25, 0.3) is 0 Å². The van der Waals surface area contributed by atoms with E-state index in [4.69, 9.17) is 4.74 Å². The number of nitrogens with one attached hydrogen (secondary N) is 2. The Labute approximate surface area is 78.0 Å². The molecule has 74 valence electrons. The molecule has 1 atom stereocenters. The molecule has 1 amide bonds. The molecule has 0 radical (unpaired) electrons. The summed E-state index contributed by atoms with van der Waals surface area (Å²) in [7, 11) is 0. The van der Waals surface area contributed by atoms with E-state index in [9.17, 15) is 4.79 Å². The molecule has 2 rings (SSSR count). The van der Waals surface area contributed by atoms with E-state index in [2.05, 4.69) is 10.6 Å². The lowest BCUT2D eigenvalue weighted by Crippen LogP contribution is -2.54. The van der Waals surface area contributed by atoms with Gasteiger partial charge >= 0.3 is 0 Å². The first-order valence-corrected chi connectivity index (χ1v) is 4.90. The zero-order chi connectivity index (χ0) is 9.26. The summed E-state index contributed by atoms with van der Waals surface area (Å²) in [4.78, 5) is 11.5. The molecule has 1 aliphatic heterocycles. The van der Waals surface area contributed by atoms with Gasteiger partial charge in [0.05, 0.1) is 25.3 Å². The fourth-order valence-electron chi connectivity index (χ4n) is 1.32. The Kier molecular flexibility index (Phi) is 2.51. The van der Waals surface area contributed by atoms with Crippen LogP contribution in [0.5, 0.6) is 0 Å². The maximum atomic E-state index is 11.5. The van der Waals surface area contributed by atoms with E-state index >= 15 is 0 Å². The van der Waals surface area contributed by atoms with Crippen molar-refractivity contribution in [1.82, 2.24) is 10.6 Å². The molecule has 1 heterocycles. The molecular weight excluding hydrogens is 168 g/mol. The molecular formula is C9H16N2O2. The predicted octanol–water partition coefficient (Wildman–Crippen LogP) is -0.358. The van der Waals surface area contributed by atoms with Gasteiger partial charge in [0.15, 0.2) is 0 Å². The largest absolute Gasteiger partial charge is 0.378 e. The summed E-state index contributed by atoms with van der Waals surface area (Å²) < 4.78 is 5.01. The van der Waals surface area contributed by atoms with E-state index in [1.807, 2.05) is 6.92 Å². The highest BCUT2D eigenvalue weighted by Crippen LogP contribution is 2.18. The summed E-state index contributed by atoms with van der Waals surface area (Å²) in [5, 5.41) is 6.18. The number of rotatable bonds is 4. The van der Waals surface area contributed by atoms with E-state index < -0.39 is 0 Å². The Morgan fingerprint density at radius 3 is 2.54 bits per heavy atom. The predicted molar refractivity (Wildman–Crippen MR) is 48.4 cm³/mol. The lowest BCUT2D eigenvalue weighted by molar-refractivity contribution is -0.124. The lowest BCUT2D eigenvalue weighted by Gasteiger charge is -2.29. The molecule has 0 aromatic carbocycles. The van der Waals surface area contributed by atoms with Crippen LogP contribution in [0.1, 0.15) is 19.8 Å². The monoisotopic (exact) mass is 184 g/mol. The van der Waals surface area contributed by atoms with E-state index in [0.29, 0.717) is 12.1 Å². The minimum absolute atomic E-state index is 0.0884. The summed E-state index contributed by atoms with van der Waals surface area (Å²) in [6.45, 7) is 3.37. The highest BCUT2D eigenvalue weighted by Gasteiger charge is 2.27. The van der Waals surface area contributed by atoms with Crippen molar-refractivity contribution in [2.24, 2.45) is 0 Å². The minimum Gasteiger partial charge on any atom is -0.378 e. The summed E-state index contributed by atoms with van der Waals surface area (Å²) in [5.41, 5.74) is 0. The molecule has 1 aliphatic carbocycles. The first-order chi connectivity index (χ1) is 6.25. The Morgan fingerprint density at radius 2 is 2.08 bits per heavy atom. The molecule has 4 nitrogen and oxygen atoms in total. The van der Waals surface area contributed by atoms with Gasteiger partial charge in [-0.15, -0.1) is 0 Å². The second kappa shape index (κ2) is 3.64. The summed E-state index contributed by atoms with van der Waals surface area (Å²) in [6, 6.07) is 0.740. The fraction of sp³-hybridized carbons (Fsp3) is 0.889. The molecule has 2 fully saturated rings. The summed E-state index contributed by atoms with van der Waals surface area (Å²) >= 11 is 0. The van der Waals surface area contributed by atoms with Crippen molar-refractivity contribution >= 4 is 5.91 Å². The van der Waals surface area contributed by atoms with Crippen molar-refractivity contribution in [2.45, 2.75) is 37.9 Å². The lowest BCUT2D eigenvalue weighted by atomic mass is 10.2. The molecule has 2 aliphatic rings. The van der Waals surface area contributed by atoms with Crippen LogP contribution in [-0.2, 0) is 9.53 Å². The van der Waals surface area contributed by atoms with Crippen molar-refractivity contribution in [2.75, 3.05) is 13.2 Å². The van der Waals surface area contributed by atoms with Crippen molar-refractivity contribution in [3.05, 3.63) is 0 Å². The number of carbonyl (C=O) groups excluding carboxylic acids is 1. The van der Waals surface area contributed by atoms with E-state index in [-0.39, 0.29) is 11.9 Å². The fourth-order valence-corrected chi connectivity index (χ4v) is 1.32. The molecule has 13 heavy (non-hydrogen) atoms. The van der Waals surface area contributed by atoms with Crippen LogP contribution in [0, 0.1) is 0 Å². The van der Waals surface area contributed by atoms with Crippen LogP contribution in [0.2, 0.25) is 0 Å². The van der Waals surface area contributed by atoms with Gasteiger partial charge in [0.1, 0.15) is 0 Å². The average molecular weight is 184 g/mol. The summed E-state index contributed by atoms with van der Waals surface area (Å²) in [5.74, 6) is 0.120. The maximum Gasteiger partial charge on any atom is 0.237 e. The first-order valence-electron chi connectivity index (χ1n) is 4.90. The standard InChI is InChI=1S/C9H16N2O2/c1-6(10-8-4-13-5-8)9(12)11-7-2-3-7/h6-8,10H,2-5H2,1H3,(H,11,12). The number of carbonyl (C=O) groups is 1. The minimum atomic E-state index is -0.0884. The third-order valence-corrected chi connectivity index (χ3v) is 2.44. The SMILES string of the molecule is CC(NC1COC1)C(=O)NC1CC1. The van der Waals surface area contributed by atoms with Gasteiger partial charge in [-0.2, -0.15) is 0 Å². The molecule has 1 saturated carbocycles. The normalized spacial score (nSPS) is 25.0. The molecule has 0 aromatic rings. The van der Waals surface area contributed by atoms with Crippen molar-refractivity contribution < 1.29 is 9.53 Å². The number of ether oxygens (including phenoxy) is 1. The second-order valence-electron chi connectivity index (χ2n) is 3.91. The van der Waals surface area contributed by atoms with E-state index in [0.717, 1.165) is 26.1 Å². The Bertz CT molecular complexity index is 200.